The van der Waals surface area contributed by atoms with Crippen molar-refractivity contribution in [1.82, 2.24) is 24.2 Å². The molecule has 1 fully saturated rings. The van der Waals surface area contributed by atoms with Gasteiger partial charge in [0.05, 0.1) is 5.69 Å². The van der Waals surface area contributed by atoms with E-state index >= 15 is 0 Å². The van der Waals surface area contributed by atoms with Gasteiger partial charge in [-0.3, -0.25) is 18.8 Å². The van der Waals surface area contributed by atoms with E-state index in [2.05, 4.69) is 10.1 Å². The zero-order chi connectivity index (χ0) is 27.0. The van der Waals surface area contributed by atoms with Crippen molar-refractivity contribution in [2.24, 2.45) is 7.05 Å². The summed E-state index contributed by atoms with van der Waals surface area (Å²) < 4.78 is 17.4. The Bertz CT molecular complexity index is 1550. The van der Waals surface area contributed by atoms with E-state index in [4.69, 9.17) is 0 Å². The monoisotopic (exact) mass is 515 g/mol. The van der Waals surface area contributed by atoms with Crippen molar-refractivity contribution in [2.75, 3.05) is 13.1 Å². The van der Waals surface area contributed by atoms with Crippen LogP contribution in [-0.4, -0.2) is 48.3 Å². The van der Waals surface area contributed by atoms with Crippen LogP contribution in [-0.2, 0) is 19.9 Å². The molecule has 0 aliphatic carbocycles. The maximum atomic E-state index is 14.4. The van der Waals surface area contributed by atoms with Crippen molar-refractivity contribution in [2.45, 2.75) is 39.0 Å². The Morgan fingerprint density at radius 2 is 1.79 bits per heavy atom. The van der Waals surface area contributed by atoms with E-state index in [9.17, 15) is 19.1 Å². The van der Waals surface area contributed by atoms with Crippen molar-refractivity contribution in [3.63, 3.8) is 0 Å². The number of halogens is 1. The summed E-state index contributed by atoms with van der Waals surface area (Å²) >= 11 is 0. The molecule has 38 heavy (non-hydrogen) atoms. The molecule has 0 radical (unpaired) electrons. The smallest absolute Gasteiger partial charge is 0.275 e. The second-order valence-corrected chi connectivity index (χ2v) is 9.54. The minimum atomic E-state index is -0.659. The number of rotatable bonds is 6. The number of carbonyl (C=O) groups excluding carboxylic acids is 1. The minimum Gasteiger partial charge on any atom is -0.493 e. The predicted octanol–water partition coefficient (Wildman–Crippen LogP) is 4.23. The van der Waals surface area contributed by atoms with Gasteiger partial charge < -0.3 is 10.0 Å². The van der Waals surface area contributed by atoms with E-state index in [0.29, 0.717) is 42.8 Å². The first-order valence-electron chi connectivity index (χ1n) is 12.8. The summed E-state index contributed by atoms with van der Waals surface area (Å²) in [5.74, 6) is -1.62. The predicted molar refractivity (Wildman–Crippen MR) is 142 cm³/mol. The Kier molecular flexibility index (Phi) is 6.84. The molecule has 5 rings (SSSR count). The molecule has 4 aromatic rings. The zero-order valence-corrected chi connectivity index (χ0v) is 21.7. The van der Waals surface area contributed by atoms with Crippen LogP contribution in [0.1, 0.15) is 53.2 Å². The lowest BCUT2D eigenvalue weighted by Crippen LogP contribution is -2.36. The fraction of sp³-hybridized carbons (Fsp3) is 0.310. The maximum Gasteiger partial charge on any atom is 0.275 e. The van der Waals surface area contributed by atoms with Gasteiger partial charge in [0.15, 0.2) is 11.4 Å². The number of amides is 1. The van der Waals surface area contributed by atoms with Gasteiger partial charge in [0.2, 0.25) is 5.88 Å². The van der Waals surface area contributed by atoms with Gasteiger partial charge in [-0.1, -0.05) is 50.2 Å². The SMILES string of the molecule is CCc1cccc(CC)c1-n1c(-c2ccn(C)n2)nc(O)c(C(=O)N2CCC(c3ccccc3F)C2)c1=O. The number of likely N-dealkylation sites (tertiary alicyclic amines) is 1. The van der Waals surface area contributed by atoms with Crippen molar-refractivity contribution < 1.29 is 14.3 Å². The van der Waals surface area contributed by atoms with Crippen LogP contribution >= 0.6 is 0 Å². The summed E-state index contributed by atoms with van der Waals surface area (Å²) in [6, 6.07) is 14.1. The van der Waals surface area contributed by atoms with Gasteiger partial charge in [0.1, 0.15) is 11.5 Å². The van der Waals surface area contributed by atoms with Crippen LogP contribution in [0.3, 0.4) is 0 Å². The number of hydrogen-bond donors (Lipinski definition) is 1. The summed E-state index contributed by atoms with van der Waals surface area (Å²) in [7, 11) is 1.75. The average Bonchev–Trinajstić information content (AvgIpc) is 3.58. The molecule has 1 aliphatic heterocycles. The lowest BCUT2D eigenvalue weighted by molar-refractivity contribution is 0.0784. The van der Waals surface area contributed by atoms with Gasteiger partial charge in [-0.15, -0.1) is 0 Å². The number of hydrogen-bond acceptors (Lipinski definition) is 5. The molecule has 1 saturated heterocycles. The Morgan fingerprint density at radius 1 is 1.08 bits per heavy atom. The molecule has 0 bridgehead atoms. The van der Waals surface area contributed by atoms with E-state index < -0.39 is 22.9 Å². The number of aromatic nitrogens is 4. The molecule has 8 nitrogen and oxygen atoms in total. The van der Waals surface area contributed by atoms with E-state index in [0.717, 1.165) is 11.1 Å². The third-order valence-corrected chi connectivity index (χ3v) is 7.23. The van der Waals surface area contributed by atoms with Crippen molar-refractivity contribution >= 4 is 5.91 Å². The standard InChI is InChI=1S/C29H30FN5O3/c1-4-18-9-8-10-19(5-2)25(18)35-26(23-14-15-33(3)32-23)31-27(36)24(29(35)38)28(37)34-16-13-20(17-34)21-11-6-7-12-22(21)30/h6-12,14-15,20,36H,4-5,13,16-17H2,1-3H3. The van der Waals surface area contributed by atoms with Crippen molar-refractivity contribution in [3.8, 4) is 23.1 Å². The molecule has 3 heterocycles. The number of aromatic hydroxyl groups is 1. The first-order chi connectivity index (χ1) is 18.3. The van der Waals surface area contributed by atoms with Crippen LogP contribution in [0.25, 0.3) is 17.2 Å². The number of nitrogens with zero attached hydrogens (tertiary/aromatic N) is 5. The molecule has 1 N–H and O–H groups in total. The fourth-order valence-electron chi connectivity index (χ4n) is 5.28. The van der Waals surface area contributed by atoms with Gasteiger partial charge in [0, 0.05) is 32.3 Å². The summed E-state index contributed by atoms with van der Waals surface area (Å²) in [5, 5.41) is 15.4. The third-order valence-electron chi connectivity index (χ3n) is 7.23. The van der Waals surface area contributed by atoms with E-state index in [-0.39, 0.29) is 24.1 Å². The van der Waals surface area contributed by atoms with Crippen molar-refractivity contribution in [3.05, 3.63) is 93.2 Å². The summed E-state index contributed by atoms with van der Waals surface area (Å²) in [4.78, 5) is 33.7. The zero-order valence-electron chi connectivity index (χ0n) is 21.7. The number of carbonyl (C=O) groups is 1. The minimum absolute atomic E-state index is 0.158. The molecule has 9 heteroatoms. The molecule has 0 spiro atoms. The molecular formula is C29H30FN5O3. The largest absolute Gasteiger partial charge is 0.493 e. The molecule has 1 unspecified atom stereocenters. The van der Waals surface area contributed by atoms with Gasteiger partial charge in [-0.2, -0.15) is 10.1 Å². The van der Waals surface area contributed by atoms with Gasteiger partial charge in [-0.25, -0.2) is 4.39 Å². The van der Waals surface area contributed by atoms with Crippen LogP contribution < -0.4 is 5.56 Å². The molecular weight excluding hydrogens is 485 g/mol. The second kappa shape index (κ2) is 10.2. The van der Waals surface area contributed by atoms with E-state index in [1.165, 1.54) is 15.5 Å². The first-order valence-corrected chi connectivity index (χ1v) is 12.8. The summed E-state index contributed by atoms with van der Waals surface area (Å²) in [6.07, 6.45) is 3.58. The van der Waals surface area contributed by atoms with E-state index in [1.54, 1.807) is 42.2 Å². The maximum absolute atomic E-state index is 14.4. The van der Waals surface area contributed by atoms with Gasteiger partial charge in [0.25, 0.3) is 11.5 Å². The summed E-state index contributed by atoms with van der Waals surface area (Å²) in [5.41, 5.74) is 2.35. The van der Waals surface area contributed by atoms with Gasteiger partial charge >= 0.3 is 0 Å². The number of para-hydroxylation sites is 1. The third kappa shape index (κ3) is 4.38. The van der Waals surface area contributed by atoms with Crippen LogP contribution in [0.5, 0.6) is 5.88 Å². The van der Waals surface area contributed by atoms with Crippen molar-refractivity contribution in [1.29, 1.82) is 0 Å². The highest BCUT2D eigenvalue weighted by Gasteiger charge is 2.34. The average molecular weight is 516 g/mol. The van der Waals surface area contributed by atoms with Crippen LogP contribution in [0.4, 0.5) is 4.39 Å². The molecule has 0 saturated carbocycles. The Labute approximate surface area is 220 Å². The molecule has 1 aliphatic rings. The first kappa shape index (κ1) is 25.4. The fourth-order valence-corrected chi connectivity index (χ4v) is 5.28. The number of aryl methyl sites for hydroxylation is 3. The highest BCUT2D eigenvalue weighted by Crippen LogP contribution is 2.32. The Morgan fingerprint density at radius 3 is 2.42 bits per heavy atom. The Hall–Kier alpha value is -4.27. The molecule has 2 aromatic carbocycles. The number of benzene rings is 2. The molecule has 1 amide bonds. The lowest BCUT2D eigenvalue weighted by Gasteiger charge is -2.21. The van der Waals surface area contributed by atoms with Crippen LogP contribution in [0, 0.1) is 5.82 Å². The quantitative estimate of drug-likeness (QED) is 0.415. The lowest BCUT2D eigenvalue weighted by atomic mass is 9.98. The highest BCUT2D eigenvalue weighted by molar-refractivity contribution is 5.96. The van der Waals surface area contributed by atoms with Gasteiger partial charge in [-0.05, 0) is 48.1 Å². The summed E-state index contributed by atoms with van der Waals surface area (Å²) in [6.45, 7) is 4.57. The molecule has 1 atom stereocenters. The second-order valence-electron chi connectivity index (χ2n) is 9.54. The van der Waals surface area contributed by atoms with E-state index in [1.807, 2.05) is 32.0 Å². The normalized spacial score (nSPS) is 15.3. The molecule has 2 aromatic heterocycles. The Balaban J connectivity index is 1.65. The van der Waals surface area contributed by atoms with Crippen LogP contribution in [0.15, 0.2) is 59.5 Å². The molecule has 196 valence electrons. The van der Waals surface area contributed by atoms with Crippen LogP contribution in [0.2, 0.25) is 0 Å². The highest BCUT2D eigenvalue weighted by atomic mass is 19.1. The topological polar surface area (TPSA) is 93.2 Å².